The smallest absolute Gasteiger partial charge is 0.309 e. The SMILES string of the molecule is CC(C(=O)OCCCS(=O)(=O)O)C(C)(C)C. The van der Waals surface area contributed by atoms with Gasteiger partial charge in [-0.1, -0.05) is 27.7 Å². The third-order valence-corrected chi connectivity index (χ3v) is 3.25. The van der Waals surface area contributed by atoms with E-state index in [-0.39, 0.29) is 36.1 Å². The van der Waals surface area contributed by atoms with Crippen molar-refractivity contribution in [1.29, 1.82) is 0 Å². The van der Waals surface area contributed by atoms with Crippen molar-refractivity contribution < 1.29 is 22.5 Å². The van der Waals surface area contributed by atoms with Crippen LogP contribution in [0, 0.1) is 11.3 Å². The topological polar surface area (TPSA) is 80.7 Å². The van der Waals surface area contributed by atoms with Gasteiger partial charge < -0.3 is 4.74 Å². The number of rotatable bonds is 5. The van der Waals surface area contributed by atoms with Crippen LogP contribution >= 0.6 is 0 Å². The van der Waals surface area contributed by atoms with E-state index in [0.29, 0.717) is 0 Å². The second-order valence-corrected chi connectivity index (χ2v) is 6.47. The minimum absolute atomic E-state index is 0.0129. The highest BCUT2D eigenvalue weighted by Crippen LogP contribution is 2.26. The normalized spacial score (nSPS) is 14.6. The second-order valence-electron chi connectivity index (χ2n) is 4.89. The van der Waals surface area contributed by atoms with Gasteiger partial charge in [0.25, 0.3) is 10.1 Å². The number of hydrogen-bond donors (Lipinski definition) is 1. The number of carbonyl (C=O) groups excluding carboxylic acids is 1. The Morgan fingerprint density at radius 1 is 1.38 bits per heavy atom. The molecule has 6 heteroatoms. The molecule has 0 spiro atoms. The molecule has 0 saturated heterocycles. The largest absolute Gasteiger partial charge is 0.465 e. The summed E-state index contributed by atoms with van der Waals surface area (Å²) in [7, 11) is -3.96. The summed E-state index contributed by atoms with van der Waals surface area (Å²) in [6.45, 7) is 7.56. The van der Waals surface area contributed by atoms with E-state index in [1.807, 2.05) is 20.8 Å². The predicted molar refractivity (Wildman–Crippen MR) is 60.6 cm³/mol. The van der Waals surface area contributed by atoms with Crippen molar-refractivity contribution in [1.82, 2.24) is 0 Å². The molecule has 0 amide bonds. The molecule has 0 aromatic rings. The van der Waals surface area contributed by atoms with Crippen LogP contribution in [0.15, 0.2) is 0 Å². The molecule has 0 fully saturated rings. The Hall–Kier alpha value is -0.620. The fourth-order valence-electron chi connectivity index (χ4n) is 0.893. The Balaban J connectivity index is 3.92. The predicted octanol–water partition coefficient (Wildman–Crippen LogP) is 1.49. The number of esters is 1. The van der Waals surface area contributed by atoms with Crippen LogP contribution in [0.1, 0.15) is 34.1 Å². The van der Waals surface area contributed by atoms with Crippen LogP contribution in [0.2, 0.25) is 0 Å². The minimum Gasteiger partial charge on any atom is -0.465 e. The lowest BCUT2D eigenvalue weighted by Crippen LogP contribution is -2.28. The molecule has 1 atom stereocenters. The first-order valence-electron chi connectivity index (χ1n) is 5.16. The molecule has 5 nitrogen and oxygen atoms in total. The Morgan fingerprint density at radius 2 is 1.88 bits per heavy atom. The Morgan fingerprint density at radius 3 is 2.25 bits per heavy atom. The van der Waals surface area contributed by atoms with E-state index in [0.717, 1.165) is 0 Å². The monoisotopic (exact) mass is 252 g/mol. The molecule has 0 heterocycles. The average molecular weight is 252 g/mol. The molecule has 16 heavy (non-hydrogen) atoms. The van der Waals surface area contributed by atoms with Crippen molar-refractivity contribution in [3.8, 4) is 0 Å². The Kier molecular flexibility index (Phi) is 5.41. The Bertz CT molecular complexity index is 326. The maximum absolute atomic E-state index is 11.5. The second kappa shape index (κ2) is 5.63. The molecule has 0 aliphatic heterocycles. The van der Waals surface area contributed by atoms with Crippen molar-refractivity contribution in [3.05, 3.63) is 0 Å². The summed E-state index contributed by atoms with van der Waals surface area (Å²) in [6.07, 6.45) is 0.113. The van der Waals surface area contributed by atoms with E-state index in [1.54, 1.807) is 6.92 Å². The zero-order chi connectivity index (χ0) is 13.0. The van der Waals surface area contributed by atoms with E-state index in [4.69, 9.17) is 9.29 Å². The summed E-state index contributed by atoms with van der Waals surface area (Å²) in [5.74, 6) is -0.981. The van der Waals surface area contributed by atoms with Crippen molar-refractivity contribution in [2.75, 3.05) is 12.4 Å². The molecule has 96 valence electrons. The van der Waals surface area contributed by atoms with Crippen molar-refractivity contribution in [3.63, 3.8) is 0 Å². The molecule has 0 aliphatic carbocycles. The van der Waals surface area contributed by atoms with E-state index in [1.165, 1.54) is 0 Å². The van der Waals surface area contributed by atoms with Gasteiger partial charge >= 0.3 is 5.97 Å². The molecule has 0 aliphatic rings. The molecule has 0 saturated carbocycles. The van der Waals surface area contributed by atoms with Crippen LogP contribution in [-0.4, -0.2) is 31.3 Å². The molecule has 0 aromatic heterocycles. The highest BCUT2D eigenvalue weighted by molar-refractivity contribution is 7.85. The molecular formula is C10H20O5S. The van der Waals surface area contributed by atoms with E-state index >= 15 is 0 Å². The average Bonchev–Trinajstić information content (AvgIpc) is 2.07. The van der Waals surface area contributed by atoms with E-state index in [2.05, 4.69) is 0 Å². The zero-order valence-corrected chi connectivity index (χ0v) is 11.0. The van der Waals surface area contributed by atoms with Gasteiger partial charge in [0.1, 0.15) is 0 Å². The fourth-order valence-corrected chi connectivity index (χ4v) is 1.38. The van der Waals surface area contributed by atoms with Crippen molar-refractivity contribution >= 4 is 16.1 Å². The molecule has 0 aromatic carbocycles. The third kappa shape index (κ3) is 6.79. The van der Waals surface area contributed by atoms with Gasteiger partial charge in [0.2, 0.25) is 0 Å². The summed E-state index contributed by atoms with van der Waals surface area (Å²) in [4.78, 5) is 11.5. The molecule has 1 N–H and O–H groups in total. The molecule has 1 unspecified atom stereocenters. The van der Waals surface area contributed by atoms with Gasteiger partial charge in [-0.2, -0.15) is 8.42 Å². The first-order chi connectivity index (χ1) is 7.04. The van der Waals surface area contributed by atoms with Crippen LogP contribution in [0.25, 0.3) is 0 Å². The summed E-state index contributed by atoms with van der Waals surface area (Å²) >= 11 is 0. The summed E-state index contributed by atoms with van der Waals surface area (Å²) in [5, 5.41) is 0. The molecule has 0 radical (unpaired) electrons. The maximum Gasteiger partial charge on any atom is 0.309 e. The number of carbonyl (C=O) groups is 1. The molecular weight excluding hydrogens is 232 g/mol. The lowest BCUT2D eigenvalue weighted by Gasteiger charge is -2.25. The van der Waals surface area contributed by atoms with Crippen LogP contribution in [0.4, 0.5) is 0 Å². The lowest BCUT2D eigenvalue weighted by molar-refractivity contribution is -0.151. The summed E-state index contributed by atoms with van der Waals surface area (Å²) < 4.78 is 34.1. The first-order valence-corrected chi connectivity index (χ1v) is 6.77. The van der Waals surface area contributed by atoms with Gasteiger partial charge in [-0.25, -0.2) is 0 Å². The Labute approximate surface area is 96.9 Å². The van der Waals surface area contributed by atoms with Crippen LogP contribution in [0.5, 0.6) is 0 Å². The van der Waals surface area contributed by atoms with Crippen LogP contribution < -0.4 is 0 Å². The number of ether oxygens (including phenoxy) is 1. The van der Waals surface area contributed by atoms with Gasteiger partial charge in [-0.05, 0) is 11.8 Å². The fraction of sp³-hybridized carbons (Fsp3) is 0.900. The van der Waals surface area contributed by atoms with Gasteiger partial charge in [-0.3, -0.25) is 9.35 Å². The third-order valence-electron chi connectivity index (χ3n) is 2.44. The standard InChI is InChI=1S/C10H20O5S/c1-8(10(2,3)4)9(11)15-6-5-7-16(12,13)14/h8H,5-7H2,1-4H3,(H,12,13,14). The highest BCUT2D eigenvalue weighted by atomic mass is 32.2. The van der Waals surface area contributed by atoms with Crippen molar-refractivity contribution in [2.45, 2.75) is 34.1 Å². The van der Waals surface area contributed by atoms with Gasteiger partial charge in [0.15, 0.2) is 0 Å². The van der Waals surface area contributed by atoms with E-state index in [9.17, 15) is 13.2 Å². The lowest BCUT2D eigenvalue weighted by atomic mass is 9.82. The van der Waals surface area contributed by atoms with Crippen LogP contribution in [0.3, 0.4) is 0 Å². The van der Waals surface area contributed by atoms with Crippen LogP contribution in [-0.2, 0) is 19.6 Å². The number of hydrogen-bond acceptors (Lipinski definition) is 4. The molecule has 0 bridgehead atoms. The molecule has 0 rings (SSSR count). The van der Waals surface area contributed by atoms with Gasteiger partial charge in [0, 0.05) is 0 Å². The zero-order valence-electron chi connectivity index (χ0n) is 10.2. The minimum atomic E-state index is -3.96. The summed E-state index contributed by atoms with van der Waals surface area (Å²) in [6, 6.07) is 0. The van der Waals surface area contributed by atoms with E-state index < -0.39 is 10.1 Å². The van der Waals surface area contributed by atoms with Gasteiger partial charge in [-0.15, -0.1) is 0 Å². The van der Waals surface area contributed by atoms with Crippen molar-refractivity contribution in [2.24, 2.45) is 11.3 Å². The summed E-state index contributed by atoms with van der Waals surface area (Å²) in [5.41, 5.74) is -0.180. The maximum atomic E-state index is 11.5. The highest BCUT2D eigenvalue weighted by Gasteiger charge is 2.27. The first kappa shape index (κ1) is 15.4. The van der Waals surface area contributed by atoms with Gasteiger partial charge in [0.05, 0.1) is 18.3 Å². The quantitative estimate of drug-likeness (QED) is 0.455.